The zero-order valence-corrected chi connectivity index (χ0v) is 11.4. The highest BCUT2D eigenvalue weighted by molar-refractivity contribution is 7.39. The Bertz CT molecular complexity index is 537. The van der Waals surface area contributed by atoms with E-state index in [0.717, 1.165) is 9.53 Å². The Labute approximate surface area is 112 Å². The first-order chi connectivity index (χ1) is 8.74. The van der Waals surface area contributed by atoms with Gasteiger partial charge in [-0.3, -0.25) is 4.79 Å². The predicted molar refractivity (Wildman–Crippen MR) is 73.3 cm³/mol. The average molecular weight is 283 g/mol. The van der Waals surface area contributed by atoms with E-state index in [9.17, 15) is 4.79 Å². The zero-order chi connectivity index (χ0) is 12.5. The molecule has 18 heavy (non-hydrogen) atoms. The molecule has 2 aromatic heterocycles. The molecular formula is C11H13N3O2S2. The molecule has 0 unspecified atom stereocenters. The van der Waals surface area contributed by atoms with Gasteiger partial charge in [0, 0.05) is 6.54 Å². The summed E-state index contributed by atoms with van der Waals surface area (Å²) in [6.07, 6.45) is -0.111. The number of fused-ring (bicyclic) bond motifs is 1. The minimum Gasteiger partial charge on any atom is -0.375 e. The van der Waals surface area contributed by atoms with Crippen molar-refractivity contribution in [3.05, 3.63) is 11.4 Å². The number of rotatable bonds is 2. The van der Waals surface area contributed by atoms with Gasteiger partial charge in [0.25, 0.3) is 0 Å². The second-order valence-electron chi connectivity index (χ2n) is 4.11. The number of hydrogen-bond acceptors (Lipinski definition) is 6. The van der Waals surface area contributed by atoms with Gasteiger partial charge in [0.2, 0.25) is 5.91 Å². The quantitative estimate of drug-likeness (QED) is 0.880. The molecule has 1 amide bonds. The molecule has 5 nitrogen and oxygen atoms in total. The molecule has 0 saturated carbocycles. The summed E-state index contributed by atoms with van der Waals surface area (Å²) in [5, 5.41) is 8.66. The van der Waals surface area contributed by atoms with Gasteiger partial charge in [0.1, 0.15) is 10.1 Å². The third-order valence-electron chi connectivity index (χ3n) is 2.85. The number of carbonyl (C=O) groups excluding carboxylic acids is 1. The van der Waals surface area contributed by atoms with Crippen molar-refractivity contribution in [2.45, 2.75) is 19.1 Å². The summed E-state index contributed by atoms with van der Waals surface area (Å²) in [5.41, 5.74) is 0.946. The Hall–Kier alpha value is -1.02. The number of morpholine rings is 1. The molecule has 1 fully saturated rings. The van der Waals surface area contributed by atoms with Crippen molar-refractivity contribution in [1.82, 2.24) is 10.3 Å². The third-order valence-corrected chi connectivity index (χ3v) is 4.87. The molecule has 7 heteroatoms. The first-order valence-electron chi connectivity index (χ1n) is 5.74. The Morgan fingerprint density at radius 2 is 2.56 bits per heavy atom. The van der Waals surface area contributed by atoms with Crippen LogP contribution >= 0.6 is 22.7 Å². The van der Waals surface area contributed by atoms with E-state index in [0.29, 0.717) is 18.3 Å². The number of carbonyl (C=O) groups is 1. The van der Waals surface area contributed by atoms with Gasteiger partial charge in [-0.15, -0.1) is 11.3 Å². The molecule has 1 saturated heterocycles. The topological polar surface area (TPSA) is 63.2 Å². The normalized spacial score (nSPS) is 24.3. The van der Waals surface area contributed by atoms with Crippen LogP contribution in [-0.4, -0.2) is 36.2 Å². The fourth-order valence-electron chi connectivity index (χ4n) is 1.93. The fraction of sp³-hybridized carbons (Fsp3) is 0.455. The third kappa shape index (κ3) is 2.26. The molecule has 0 radical (unpaired) electrons. The minimum atomic E-state index is -0.305. The summed E-state index contributed by atoms with van der Waals surface area (Å²) in [5.74, 6) is -0.0800. The first kappa shape index (κ1) is 12.0. The SMILES string of the molecule is C[C@H]1OCCN[C@@H]1C(=O)Nc1nc2ccsc2s1. The molecule has 0 aliphatic carbocycles. The Morgan fingerprint density at radius 1 is 1.67 bits per heavy atom. The number of nitrogens with zero attached hydrogens (tertiary/aromatic N) is 1. The highest BCUT2D eigenvalue weighted by Gasteiger charge is 2.28. The average Bonchev–Trinajstić information content (AvgIpc) is 2.90. The lowest BCUT2D eigenvalue weighted by Gasteiger charge is -2.28. The maximum Gasteiger partial charge on any atom is 0.245 e. The van der Waals surface area contributed by atoms with E-state index < -0.39 is 0 Å². The smallest absolute Gasteiger partial charge is 0.245 e. The van der Waals surface area contributed by atoms with E-state index >= 15 is 0 Å². The standard InChI is InChI=1S/C11H13N3O2S2/c1-6-8(12-3-4-16-6)9(15)14-11-13-7-2-5-17-10(7)18-11/h2,5-6,8,12H,3-4H2,1H3,(H,13,14,15)/t6-,8+/m1/s1. The van der Waals surface area contributed by atoms with Crippen LogP contribution < -0.4 is 10.6 Å². The van der Waals surface area contributed by atoms with Crippen molar-refractivity contribution in [2.75, 3.05) is 18.5 Å². The Kier molecular flexibility index (Phi) is 3.29. The molecule has 2 N–H and O–H groups in total. The highest BCUT2D eigenvalue weighted by Crippen LogP contribution is 2.30. The molecule has 3 heterocycles. The van der Waals surface area contributed by atoms with Crippen LogP contribution in [-0.2, 0) is 9.53 Å². The van der Waals surface area contributed by atoms with Gasteiger partial charge < -0.3 is 15.4 Å². The van der Waals surface area contributed by atoms with E-state index in [-0.39, 0.29) is 18.1 Å². The monoisotopic (exact) mass is 283 g/mol. The largest absolute Gasteiger partial charge is 0.375 e. The van der Waals surface area contributed by atoms with Crippen molar-refractivity contribution in [3.63, 3.8) is 0 Å². The van der Waals surface area contributed by atoms with Crippen LogP contribution in [0.25, 0.3) is 9.53 Å². The van der Waals surface area contributed by atoms with Gasteiger partial charge in [-0.2, -0.15) is 0 Å². The Morgan fingerprint density at radius 3 is 3.33 bits per heavy atom. The molecule has 3 rings (SSSR count). The summed E-state index contributed by atoms with van der Waals surface area (Å²) < 4.78 is 6.59. The van der Waals surface area contributed by atoms with Crippen molar-refractivity contribution in [1.29, 1.82) is 0 Å². The van der Waals surface area contributed by atoms with Gasteiger partial charge in [-0.05, 0) is 18.4 Å². The van der Waals surface area contributed by atoms with Crippen LogP contribution in [0.4, 0.5) is 5.13 Å². The van der Waals surface area contributed by atoms with Crippen LogP contribution in [0, 0.1) is 0 Å². The van der Waals surface area contributed by atoms with Crippen LogP contribution in [0.15, 0.2) is 11.4 Å². The second kappa shape index (κ2) is 4.93. The fourth-order valence-corrected chi connectivity index (χ4v) is 3.77. The second-order valence-corrected chi connectivity index (χ2v) is 6.28. The minimum absolute atomic E-state index is 0.0800. The zero-order valence-electron chi connectivity index (χ0n) is 9.80. The van der Waals surface area contributed by atoms with Crippen LogP contribution in [0.2, 0.25) is 0 Å². The molecule has 2 atom stereocenters. The molecule has 2 aromatic rings. The molecule has 0 spiro atoms. The first-order valence-corrected chi connectivity index (χ1v) is 7.43. The summed E-state index contributed by atoms with van der Waals surface area (Å²) in [7, 11) is 0. The van der Waals surface area contributed by atoms with Crippen molar-refractivity contribution < 1.29 is 9.53 Å². The summed E-state index contributed by atoms with van der Waals surface area (Å²) >= 11 is 3.14. The lowest BCUT2D eigenvalue weighted by atomic mass is 10.1. The van der Waals surface area contributed by atoms with E-state index in [1.165, 1.54) is 11.3 Å². The highest BCUT2D eigenvalue weighted by atomic mass is 32.2. The molecule has 0 aromatic carbocycles. The number of nitrogens with one attached hydrogen (secondary N) is 2. The summed E-state index contributed by atoms with van der Waals surface area (Å²) in [4.78, 5) is 16.5. The number of ether oxygens (including phenoxy) is 1. The molecule has 96 valence electrons. The van der Waals surface area contributed by atoms with E-state index in [4.69, 9.17) is 4.74 Å². The van der Waals surface area contributed by atoms with Crippen LogP contribution in [0.1, 0.15) is 6.92 Å². The lowest BCUT2D eigenvalue weighted by molar-refractivity contribution is -0.123. The van der Waals surface area contributed by atoms with Crippen molar-refractivity contribution >= 4 is 43.2 Å². The van der Waals surface area contributed by atoms with E-state index in [2.05, 4.69) is 15.6 Å². The van der Waals surface area contributed by atoms with Gasteiger partial charge in [0.05, 0.1) is 18.2 Å². The van der Waals surface area contributed by atoms with Crippen molar-refractivity contribution in [2.24, 2.45) is 0 Å². The maximum absolute atomic E-state index is 12.1. The van der Waals surface area contributed by atoms with Gasteiger partial charge in [0.15, 0.2) is 5.13 Å². The van der Waals surface area contributed by atoms with Crippen LogP contribution in [0.3, 0.4) is 0 Å². The number of aromatic nitrogens is 1. The lowest BCUT2D eigenvalue weighted by Crippen LogP contribution is -2.53. The molecule has 0 bridgehead atoms. The molecule has 1 aliphatic heterocycles. The Balaban J connectivity index is 1.71. The number of hydrogen-bond donors (Lipinski definition) is 2. The maximum atomic E-state index is 12.1. The number of amides is 1. The van der Waals surface area contributed by atoms with Crippen molar-refractivity contribution in [3.8, 4) is 0 Å². The van der Waals surface area contributed by atoms with E-state index in [1.807, 2.05) is 18.4 Å². The summed E-state index contributed by atoms with van der Waals surface area (Å²) in [6, 6.07) is 1.65. The molecule has 1 aliphatic rings. The number of thiophene rings is 1. The van der Waals surface area contributed by atoms with Crippen LogP contribution in [0.5, 0.6) is 0 Å². The number of thiazole rings is 1. The predicted octanol–water partition coefficient (Wildman–Crippen LogP) is 1.67. The van der Waals surface area contributed by atoms with Gasteiger partial charge in [-0.1, -0.05) is 11.3 Å². The summed E-state index contributed by atoms with van der Waals surface area (Å²) in [6.45, 7) is 3.25. The van der Waals surface area contributed by atoms with Gasteiger partial charge >= 0.3 is 0 Å². The van der Waals surface area contributed by atoms with E-state index in [1.54, 1.807) is 11.3 Å². The molecular weight excluding hydrogens is 270 g/mol. The number of anilines is 1. The van der Waals surface area contributed by atoms with Gasteiger partial charge in [-0.25, -0.2) is 4.98 Å².